The van der Waals surface area contributed by atoms with E-state index >= 15 is 0 Å². The molecule has 0 saturated carbocycles. The normalized spacial score (nSPS) is 16.5. The number of nitrogens with zero attached hydrogens (tertiary/aromatic N) is 1. The van der Waals surface area contributed by atoms with E-state index in [0.29, 0.717) is 22.9 Å². The maximum Gasteiger partial charge on any atom is 0.220 e. The van der Waals surface area contributed by atoms with Crippen LogP contribution >= 0.6 is 23.2 Å². The molecule has 3 nitrogen and oxygen atoms in total. The fourth-order valence-electron chi connectivity index (χ4n) is 2.86. The van der Waals surface area contributed by atoms with Crippen molar-refractivity contribution < 1.29 is 4.79 Å². The third kappa shape index (κ3) is 6.70. The molecule has 0 spiro atoms. The molecule has 23 heavy (non-hydrogen) atoms. The van der Waals surface area contributed by atoms with Crippen LogP contribution in [0.5, 0.6) is 0 Å². The Hall–Kier alpha value is -0.770. The van der Waals surface area contributed by atoms with Crippen molar-refractivity contribution in [3.63, 3.8) is 0 Å². The van der Waals surface area contributed by atoms with Crippen LogP contribution in [0.2, 0.25) is 10.0 Å². The van der Waals surface area contributed by atoms with E-state index in [2.05, 4.69) is 17.1 Å². The van der Waals surface area contributed by atoms with Gasteiger partial charge in [0, 0.05) is 13.0 Å². The molecule has 128 valence electrons. The lowest BCUT2D eigenvalue weighted by atomic mass is 9.99. The van der Waals surface area contributed by atoms with Gasteiger partial charge < -0.3 is 10.2 Å². The summed E-state index contributed by atoms with van der Waals surface area (Å²) < 4.78 is 0. The fourth-order valence-corrected chi connectivity index (χ4v) is 3.18. The summed E-state index contributed by atoms with van der Waals surface area (Å²) in [5.74, 6) is 0.968. The van der Waals surface area contributed by atoms with Crippen molar-refractivity contribution in [1.82, 2.24) is 10.2 Å². The third-order valence-corrected chi connectivity index (χ3v) is 5.21. The Bertz CT molecular complexity index is 514. The highest BCUT2D eigenvalue weighted by Gasteiger charge is 2.14. The zero-order valence-electron chi connectivity index (χ0n) is 13.8. The number of piperidine rings is 1. The van der Waals surface area contributed by atoms with Crippen molar-refractivity contribution >= 4 is 29.1 Å². The van der Waals surface area contributed by atoms with Gasteiger partial charge in [0.2, 0.25) is 5.91 Å². The van der Waals surface area contributed by atoms with Crippen LogP contribution in [0.1, 0.15) is 38.2 Å². The van der Waals surface area contributed by atoms with Gasteiger partial charge in [-0.1, -0.05) is 36.2 Å². The van der Waals surface area contributed by atoms with Gasteiger partial charge in [-0.25, -0.2) is 0 Å². The standard InChI is InChI=1S/C18H26Cl2N2O/c1-14-7-11-22(12-8-14)10-2-9-21-18(23)6-4-15-3-5-16(19)17(20)13-15/h3,5,13-14H,2,4,6-12H2,1H3,(H,21,23). The average Bonchev–Trinajstić information content (AvgIpc) is 2.54. The Morgan fingerprint density at radius 2 is 2.00 bits per heavy atom. The van der Waals surface area contributed by atoms with Crippen molar-refractivity contribution in [3.05, 3.63) is 33.8 Å². The largest absolute Gasteiger partial charge is 0.356 e. The first kappa shape index (κ1) is 18.6. The molecule has 0 aliphatic carbocycles. The molecule has 1 aliphatic rings. The molecule has 1 N–H and O–H groups in total. The molecular formula is C18H26Cl2N2O. The summed E-state index contributed by atoms with van der Waals surface area (Å²) in [6, 6.07) is 5.52. The molecular weight excluding hydrogens is 331 g/mol. The number of hydrogen-bond acceptors (Lipinski definition) is 2. The number of halogens is 2. The van der Waals surface area contributed by atoms with E-state index in [4.69, 9.17) is 23.2 Å². The summed E-state index contributed by atoms with van der Waals surface area (Å²) >= 11 is 11.9. The number of benzene rings is 1. The van der Waals surface area contributed by atoms with Crippen LogP contribution in [-0.4, -0.2) is 37.0 Å². The van der Waals surface area contributed by atoms with E-state index in [1.54, 1.807) is 6.07 Å². The van der Waals surface area contributed by atoms with Crippen molar-refractivity contribution in [3.8, 4) is 0 Å². The molecule has 0 radical (unpaired) electrons. The van der Waals surface area contributed by atoms with Gasteiger partial charge in [-0.2, -0.15) is 0 Å². The number of amides is 1. The van der Waals surface area contributed by atoms with E-state index in [-0.39, 0.29) is 5.91 Å². The summed E-state index contributed by atoms with van der Waals surface area (Å²) in [4.78, 5) is 14.4. The summed E-state index contributed by atoms with van der Waals surface area (Å²) in [6.45, 7) is 6.57. The second-order valence-electron chi connectivity index (χ2n) is 6.48. The van der Waals surface area contributed by atoms with Crippen molar-refractivity contribution in [2.45, 2.75) is 39.0 Å². The van der Waals surface area contributed by atoms with Gasteiger partial charge in [0.05, 0.1) is 10.0 Å². The van der Waals surface area contributed by atoms with Crippen LogP contribution in [0, 0.1) is 5.92 Å². The molecule has 1 saturated heterocycles. The summed E-state index contributed by atoms with van der Waals surface area (Å²) in [5.41, 5.74) is 1.04. The van der Waals surface area contributed by atoms with E-state index in [9.17, 15) is 4.79 Å². The van der Waals surface area contributed by atoms with Gasteiger partial charge >= 0.3 is 0 Å². The van der Waals surface area contributed by atoms with Crippen LogP contribution in [0.4, 0.5) is 0 Å². The molecule has 1 fully saturated rings. The molecule has 2 rings (SSSR count). The highest BCUT2D eigenvalue weighted by molar-refractivity contribution is 6.42. The van der Waals surface area contributed by atoms with Crippen molar-refractivity contribution in [2.75, 3.05) is 26.2 Å². The van der Waals surface area contributed by atoms with Gasteiger partial charge in [-0.05, 0) is 68.9 Å². The maximum absolute atomic E-state index is 11.9. The minimum Gasteiger partial charge on any atom is -0.356 e. The lowest BCUT2D eigenvalue weighted by Gasteiger charge is -2.30. The zero-order valence-corrected chi connectivity index (χ0v) is 15.3. The monoisotopic (exact) mass is 356 g/mol. The Morgan fingerprint density at radius 1 is 1.26 bits per heavy atom. The molecule has 0 aromatic heterocycles. The van der Waals surface area contributed by atoms with Crippen LogP contribution in [-0.2, 0) is 11.2 Å². The summed E-state index contributed by atoms with van der Waals surface area (Å²) in [6.07, 6.45) is 4.80. The van der Waals surface area contributed by atoms with Gasteiger partial charge in [0.15, 0.2) is 0 Å². The summed E-state index contributed by atoms with van der Waals surface area (Å²) in [7, 11) is 0. The smallest absolute Gasteiger partial charge is 0.220 e. The Labute approximate surface area is 149 Å². The Kier molecular flexibility index (Phi) is 7.68. The van der Waals surface area contributed by atoms with Gasteiger partial charge in [0.1, 0.15) is 0 Å². The molecule has 1 heterocycles. The first-order valence-electron chi connectivity index (χ1n) is 8.47. The predicted octanol–water partition coefficient (Wildman–Crippen LogP) is 4.16. The number of carbonyl (C=O) groups is 1. The molecule has 1 aliphatic heterocycles. The van der Waals surface area contributed by atoms with E-state index in [0.717, 1.165) is 31.0 Å². The van der Waals surface area contributed by atoms with Gasteiger partial charge in [-0.15, -0.1) is 0 Å². The second kappa shape index (κ2) is 9.51. The minimum atomic E-state index is 0.100. The minimum absolute atomic E-state index is 0.100. The average molecular weight is 357 g/mol. The highest BCUT2D eigenvalue weighted by Crippen LogP contribution is 2.23. The molecule has 5 heteroatoms. The van der Waals surface area contributed by atoms with E-state index < -0.39 is 0 Å². The molecule has 0 bridgehead atoms. The number of hydrogen-bond donors (Lipinski definition) is 1. The molecule has 1 aromatic carbocycles. The number of aryl methyl sites for hydroxylation is 1. The lowest BCUT2D eigenvalue weighted by molar-refractivity contribution is -0.121. The molecule has 0 atom stereocenters. The number of carbonyl (C=O) groups excluding carboxylic acids is 1. The lowest BCUT2D eigenvalue weighted by Crippen LogP contribution is -2.35. The van der Waals surface area contributed by atoms with Crippen molar-refractivity contribution in [2.24, 2.45) is 5.92 Å². The van der Waals surface area contributed by atoms with E-state index in [1.165, 1.54) is 25.9 Å². The van der Waals surface area contributed by atoms with E-state index in [1.807, 2.05) is 12.1 Å². The van der Waals surface area contributed by atoms with Gasteiger partial charge in [-0.3, -0.25) is 4.79 Å². The number of nitrogens with one attached hydrogen (secondary N) is 1. The Morgan fingerprint density at radius 3 is 2.70 bits per heavy atom. The topological polar surface area (TPSA) is 32.3 Å². The number of rotatable bonds is 7. The van der Waals surface area contributed by atoms with Crippen LogP contribution in [0.3, 0.4) is 0 Å². The maximum atomic E-state index is 11.9. The zero-order chi connectivity index (χ0) is 16.7. The highest BCUT2D eigenvalue weighted by atomic mass is 35.5. The second-order valence-corrected chi connectivity index (χ2v) is 7.29. The molecule has 0 unspecified atom stereocenters. The van der Waals surface area contributed by atoms with Crippen molar-refractivity contribution in [1.29, 1.82) is 0 Å². The van der Waals surface area contributed by atoms with Crippen LogP contribution in [0.15, 0.2) is 18.2 Å². The predicted molar refractivity (Wildman–Crippen MR) is 97.2 cm³/mol. The first-order valence-corrected chi connectivity index (χ1v) is 9.23. The Balaban J connectivity index is 1.57. The summed E-state index contributed by atoms with van der Waals surface area (Å²) in [5, 5.41) is 4.09. The fraction of sp³-hybridized carbons (Fsp3) is 0.611. The number of likely N-dealkylation sites (tertiary alicyclic amines) is 1. The molecule has 1 amide bonds. The van der Waals surface area contributed by atoms with Gasteiger partial charge in [0.25, 0.3) is 0 Å². The molecule has 1 aromatic rings. The first-order chi connectivity index (χ1) is 11.0. The quantitative estimate of drug-likeness (QED) is 0.743. The SMILES string of the molecule is CC1CCN(CCCNC(=O)CCc2ccc(Cl)c(Cl)c2)CC1. The van der Waals surface area contributed by atoms with Crippen LogP contribution < -0.4 is 5.32 Å². The van der Waals surface area contributed by atoms with Crippen LogP contribution in [0.25, 0.3) is 0 Å². The third-order valence-electron chi connectivity index (χ3n) is 4.47.